The Hall–Kier alpha value is -2.76. The summed E-state index contributed by atoms with van der Waals surface area (Å²) in [7, 11) is 0. The Kier molecular flexibility index (Phi) is 3.59. The molecule has 1 aromatic carbocycles. The summed E-state index contributed by atoms with van der Waals surface area (Å²) < 4.78 is 0. The number of anilines is 1. The van der Waals surface area contributed by atoms with Crippen LogP contribution in [0.5, 0.6) is 0 Å². The molecule has 1 N–H and O–H groups in total. The number of benzene rings is 1. The summed E-state index contributed by atoms with van der Waals surface area (Å²) in [4.78, 5) is 18.6. The molecule has 21 heavy (non-hydrogen) atoms. The van der Waals surface area contributed by atoms with Crippen molar-refractivity contribution in [1.82, 2.24) is 20.4 Å². The Morgan fingerprint density at radius 1 is 1.33 bits per heavy atom. The molecule has 0 aliphatic heterocycles. The van der Waals surface area contributed by atoms with Crippen molar-refractivity contribution in [2.45, 2.75) is 13.3 Å². The van der Waals surface area contributed by atoms with E-state index in [9.17, 15) is 4.79 Å². The Balaban J connectivity index is 1.97. The highest BCUT2D eigenvalue weighted by Crippen LogP contribution is 2.17. The first kappa shape index (κ1) is 13.2. The molecule has 0 atom stereocenters. The molecule has 1 amide bonds. The lowest BCUT2D eigenvalue weighted by Crippen LogP contribution is -2.32. The zero-order valence-electron chi connectivity index (χ0n) is 11.7. The molecule has 0 unspecified atom stereocenters. The average Bonchev–Trinajstić information content (AvgIpc) is 3.05. The second-order valence-corrected chi connectivity index (χ2v) is 4.71. The minimum absolute atomic E-state index is 0.0875. The molecule has 0 fully saturated rings. The van der Waals surface area contributed by atoms with E-state index in [0.717, 1.165) is 17.3 Å². The van der Waals surface area contributed by atoms with Crippen LogP contribution in [0.2, 0.25) is 0 Å². The van der Waals surface area contributed by atoms with Gasteiger partial charge < -0.3 is 0 Å². The Morgan fingerprint density at radius 3 is 3.00 bits per heavy atom. The van der Waals surface area contributed by atoms with Crippen molar-refractivity contribution in [2.75, 3.05) is 11.4 Å². The summed E-state index contributed by atoms with van der Waals surface area (Å²) in [5, 5.41) is 11.2. The summed E-state index contributed by atoms with van der Waals surface area (Å²) >= 11 is 0. The fourth-order valence-electron chi connectivity index (χ4n) is 2.23. The minimum Gasteiger partial charge on any atom is -0.292 e. The number of hydrogen-bond acceptors (Lipinski definition) is 4. The van der Waals surface area contributed by atoms with E-state index in [4.69, 9.17) is 0 Å². The predicted molar refractivity (Wildman–Crippen MR) is 80.1 cm³/mol. The zero-order valence-corrected chi connectivity index (χ0v) is 11.7. The maximum atomic E-state index is 12.7. The van der Waals surface area contributed by atoms with Gasteiger partial charge in [0.15, 0.2) is 5.82 Å². The molecule has 3 aromatic rings. The monoisotopic (exact) mass is 281 g/mol. The number of aromatic amines is 1. The van der Waals surface area contributed by atoms with E-state index in [1.807, 2.05) is 37.3 Å². The van der Waals surface area contributed by atoms with Crippen LogP contribution in [0.15, 0.2) is 42.7 Å². The van der Waals surface area contributed by atoms with Gasteiger partial charge in [-0.25, -0.2) is 5.10 Å². The van der Waals surface area contributed by atoms with Gasteiger partial charge in [-0.05, 0) is 24.6 Å². The topological polar surface area (TPSA) is 74.8 Å². The number of amides is 1. The van der Waals surface area contributed by atoms with Crippen molar-refractivity contribution < 1.29 is 4.79 Å². The van der Waals surface area contributed by atoms with E-state index < -0.39 is 0 Å². The number of rotatable bonds is 4. The Labute approximate surface area is 121 Å². The number of fused-ring (bicyclic) bond motifs is 1. The lowest BCUT2D eigenvalue weighted by atomic mass is 10.1. The van der Waals surface area contributed by atoms with E-state index in [0.29, 0.717) is 17.9 Å². The normalized spacial score (nSPS) is 10.7. The number of hydrogen-bond donors (Lipinski definition) is 1. The highest BCUT2D eigenvalue weighted by atomic mass is 16.2. The van der Waals surface area contributed by atoms with Crippen molar-refractivity contribution >= 4 is 22.6 Å². The van der Waals surface area contributed by atoms with Crippen molar-refractivity contribution in [3.8, 4) is 0 Å². The summed E-state index contributed by atoms with van der Waals surface area (Å²) in [5.41, 5.74) is 1.41. The molecular formula is C15H15N5O. The molecular weight excluding hydrogens is 266 g/mol. The van der Waals surface area contributed by atoms with Crippen LogP contribution < -0.4 is 4.90 Å². The smallest absolute Gasteiger partial charge is 0.259 e. The van der Waals surface area contributed by atoms with E-state index in [2.05, 4.69) is 20.4 Å². The lowest BCUT2D eigenvalue weighted by Gasteiger charge is -2.19. The number of H-pyrrole nitrogens is 1. The second kappa shape index (κ2) is 5.70. The third-order valence-corrected chi connectivity index (χ3v) is 3.24. The summed E-state index contributed by atoms with van der Waals surface area (Å²) in [6.45, 7) is 2.62. The van der Waals surface area contributed by atoms with Gasteiger partial charge in [0.1, 0.15) is 0 Å². The second-order valence-electron chi connectivity index (χ2n) is 4.71. The van der Waals surface area contributed by atoms with E-state index in [1.54, 1.807) is 17.3 Å². The Morgan fingerprint density at radius 2 is 2.24 bits per heavy atom. The van der Waals surface area contributed by atoms with Crippen LogP contribution in [0.4, 0.5) is 5.82 Å². The van der Waals surface area contributed by atoms with Gasteiger partial charge in [-0.1, -0.05) is 24.3 Å². The first-order valence-corrected chi connectivity index (χ1v) is 6.82. The molecule has 0 aliphatic carbocycles. The van der Waals surface area contributed by atoms with Crippen molar-refractivity contribution in [2.24, 2.45) is 0 Å². The van der Waals surface area contributed by atoms with Gasteiger partial charge in [-0.3, -0.25) is 14.7 Å². The van der Waals surface area contributed by atoms with Gasteiger partial charge in [-0.15, -0.1) is 5.10 Å². The van der Waals surface area contributed by atoms with Crippen LogP contribution >= 0.6 is 0 Å². The maximum absolute atomic E-state index is 12.7. The molecule has 2 aromatic heterocycles. The number of nitrogens with one attached hydrogen (secondary N) is 1. The molecule has 106 valence electrons. The average molecular weight is 281 g/mol. The highest BCUT2D eigenvalue weighted by molar-refractivity contribution is 6.07. The molecule has 6 heteroatoms. The molecule has 0 bridgehead atoms. The van der Waals surface area contributed by atoms with Crippen LogP contribution in [0.3, 0.4) is 0 Å². The molecule has 6 nitrogen and oxygen atoms in total. The van der Waals surface area contributed by atoms with Gasteiger partial charge in [0, 0.05) is 23.7 Å². The fraction of sp³-hybridized carbons (Fsp3) is 0.200. The standard InChI is InChI=1S/C15H15N5O/c1-2-8-20(14-10-17-19-18-14)15(21)12-6-5-11-4-3-7-16-13(11)9-12/h3-7,9-10H,2,8H2,1H3,(H,17,18,19). The molecule has 2 heterocycles. The van der Waals surface area contributed by atoms with Gasteiger partial charge in [0.25, 0.3) is 5.91 Å². The van der Waals surface area contributed by atoms with Gasteiger partial charge in [-0.2, -0.15) is 0 Å². The summed E-state index contributed by atoms with van der Waals surface area (Å²) in [5.74, 6) is 0.512. The molecule has 0 saturated heterocycles. The van der Waals surface area contributed by atoms with Crippen LogP contribution in [0, 0.1) is 0 Å². The van der Waals surface area contributed by atoms with E-state index >= 15 is 0 Å². The maximum Gasteiger partial charge on any atom is 0.259 e. The highest BCUT2D eigenvalue weighted by Gasteiger charge is 2.18. The van der Waals surface area contributed by atoms with Crippen LogP contribution in [0.25, 0.3) is 10.9 Å². The first-order valence-electron chi connectivity index (χ1n) is 6.82. The first-order chi connectivity index (χ1) is 10.3. The van der Waals surface area contributed by atoms with E-state index in [-0.39, 0.29) is 5.91 Å². The molecule has 0 aliphatic rings. The number of pyridine rings is 1. The van der Waals surface area contributed by atoms with Gasteiger partial charge >= 0.3 is 0 Å². The van der Waals surface area contributed by atoms with Crippen molar-refractivity contribution in [3.63, 3.8) is 0 Å². The van der Waals surface area contributed by atoms with Crippen LogP contribution in [0.1, 0.15) is 23.7 Å². The van der Waals surface area contributed by atoms with Crippen molar-refractivity contribution in [1.29, 1.82) is 0 Å². The molecule has 0 spiro atoms. The van der Waals surface area contributed by atoms with Crippen molar-refractivity contribution in [3.05, 3.63) is 48.3 Å². The number of carbonyl (C=O) groups is 1. The van der Waals surface area contributed by atoms with Gasteiger partial charge in [0.05, 0.1) is 11.7 Å². The number of nitrogens with zero attached hydrogens (tertiary/aromatic N) is 4. The van der Waals surface area contributed by atoms with Gasteiger partial charge in [0.2, 0.25) is 0 Å². The lowest BCUT2D eigenvalue weighted by molar-refractivity contribution is 0.0986. The van der Waals surface area contributed by atoms with Crippen LogP contribution in [-0.2, 0) is 0 Å². The summed E-state index contributed by atoms with van der Waals surface area (Å²) in [6.07, 6.45) is 4.11. The molecule has 3 rings (SSSR count). The SMILES string of the molecule is CCCN(C(=O)c1ccc2cccnc2c1)c1cnn[nH]1. The molecule has 0 radical (unpaired) electrons. The third kappa shape index (κ3) is 2.60. The number of carbonyl (C=O) groups excluding carboxylic acids is 1. The third-order valence-electron chi connectivity index (χ3n) is 3.24. The predicted octanol–water partition coefficient (Wildman–Crippen LogP) is 2.41. The minimum atomic E-state index is -0.0875. The Bertz CT molecular complexity index is 754. The quantitative estimate of drug-likeness (QED) is 0.797. The molecule has 0 saturated carbocycles. The fourth-order valence-corrected chi connectivity index (χ4v) is 2.23. The zero-order chi connectivity index (χ0) is 14.7. The van der Waals surface area contributed by atoms with Crippen LogP contribution in [-0.4, -0.2) is 32.8 Å². The number of aromatic nitrogens is 4. The summed E-state index contributed by atoms with van der Waals surface area (Å²) in [6, 6.07) is 9.39. The largest absolute Gasteiger partial charge is 0.292 e. The van der Waals surface area contributed by atoms with E-state index in [1.165, 1.54) is 0 Å².